The van der Waals surface area contributed by atoms with Gasteiger partial charge in [0, 0.05) is 0 Å². The highest BCUT2D eigenvalue weighted by Gasteiger charge is 2.22. The molecule has 3 rings (SSSR count). The van der Waals surface area contributed by atoms with Crippen molar-refractivity contribution in [1.82, 2.24) is 9.78 Å². The Balaban J connectivity index is 2.13. The number of carbonyl (C=O) groups excluding carboxylic acids is 1. The topological polar surface area (TPSA) is 80.9 Å². The van der Waals surface area contributed by atoms with Gasteiger partial charge in [-0.1, -0.05) is 24.3 Å². The molecule has 0 aliphatic heterocycles. The van der Waals surface area contributed by atoms with E-state index in [0.717, 1.165) is 0 Å². The van der Waals surface area contributed by atoms with E-state index in [2.05, 4.69) is 5.10 Å². The Kier molecular flexibility index (Phi) is 3.00. The maximum Gasteiger partial charge on any atom is 0.284 e. The molecule has 0 saturated carbocycles. The molecule has 0 fully saturated rings. The lowest BCUT2D eigenvalue weighted by molar-refractivity contribution is 0.104. The zero-order chi connectivity index (χ0) is 14.1. The van der Waals surface area contributed by atoms with E-state index in [-0.39, 0.29) is 17.2 Å². The number of aromatic amines is 1. The molecule has 2 heterocycles. The molecule has 0 unspecified atom stereocenters. The molecule has 1 aromatic carbocycles. The van der Waals surface area contributed by atoms with Crippen molar-refractivity contribution in [2.75, 3.05) is 5.73 Å². The second-order valence-electron chi connectivity index (χ2n) is 4.18. The van der Waals surface area contributed by atoms with Crippen LogP contribution in [0.3, 0.4) is 0 Å². The molecule has 0 radical (unpaired) electrons. The van der Waals surface area contributed by atoms with Crippen LogP contribution in [-0.4, -0.2) is 15.6 Å². The minimum atomic E-state index is -0.438. The zero-order valence-electron chi connectivity index (χ0n) is 10.4. The number of H-pyrrole nitrogens is 1. The maximum atomic E-state index is 12.4. The van der Waals surface area contributed by atoms with E-state index < -0.39 is 5.56 Å². The van der Waals surface area contributed by atoms with E-state index in [1.54, 1.807) is 41.8 Å². The fourth-order valence-electron chi connectivity index (χ4n) is 1.96. The SMILES string of the molecule is Nc1[nH]n(-c2ccccc2)c(=O)c1C(=O)c1cccs1. The minimum Gasteiger partial charge on any atom is -0.383 e. The van der Waals surface area contributed by atoms with Gasteiger partial charge in [-0.25, -0.2) is 4.68 Å². The summed E-state index contributed by atoms with van der Waals surface area (Å²) in [5.74, 6) is -0.273. The summed E-state index contributed by atoms with van der Waals surface area (Å²) in [6.07, 6.45) is 0. The predicted octanol–water partition coefficient (Wildman–Crippen LogP) is 2.04. The Morgan fingerprint density at radius 2 is 1.90 bits per heavy atom. The van der Waals surface area contributed by atoms with Crippen molar-refractivity contribution in [3.63, 3.8) is 0 Å². The molecular formula is C14H11N3O2S. The molecule has 0 bridgehead atoms. The number of nitrogens with zero attached hydrogens (tertiary/aromatic N) is 1. The summed E-state index contributed by atoms with van der Waals surface area (Å²) in [5, 5.41) is 4.52. The summed E-state index contributed by atoms with van der Waals surface area (Å²) < 4.78 is 1.27. The Morgan fingerprint density at radius 1 is 1.15 bits per heavy atom. The molecule has 0 amide bonds. The number of anilines is 1. The Bertz CT molecular complexity index is 801. The number of para-hydroxylation sites is 1. The highest BCUT2D eigenvalue weighted by atomic mass is 32.1. The predicted molar refractivity (Wildman–Crippen MR) is 78.6 cm³/mol. The van der Waals surface area contributed by atoms with Gasteiger partial charge in [-0.3, -0.25) is 14.7 Å². The van der Waals surface area contributed by atoms with Gasteiger partial charge in [0.25, 0.3) is 5.56 Å². The van der Waals surface area contributed by atoms with E-state index in [9.17, 15) is 9.59 Å². The molecule has 6 heteroatoms. The Hall–Kier alpha value is -2.60. The van der Waals surface area contributed by atoms with Crippen LogP contribution in [0.15, 0.2) is 52.6 Å². The summed E-state index contributed by atoms with van der Waals surface area (Å²) in [5.41, 5.74) is 5.97. The molecule has 0 spiro atoms. The fourth-order valence-corrected chi connectivity index (χ4v) is 2.63. The van der Waals surface area contributed by atoms with Crippen molar-refractivity contribution < 1.29 is 4.79 Å². The van der Waals surface area contributed by atoms with Gasteiger partial charge in [0.05, 0.1) is 10.6 Å². The maximum absolute atomic E-state index is 12.4. The van der Waals surface area contributed by atoms with Gasteiger partial charge in [-0.15, -0.1) is 11.3 Å². The molecular weight excluding hydrogens is 274 g/mol. The van der Waals surface area contributed by atoms with Gasteiger partial charge in [-0.05, 0) is 23.6 Å². The Labute approximate surface area is 118 Å². The van der Waals surface area contributed by atoms with E-state index in [1.165, 1.54) is 16.0 Å². The number of nitrogens with one attached hydrogen (secondary N) is 1. The summed E-state index contributed by atoms with van der Waals surface area (Å²) >= 11 is 1.28. The lowest BCUT2D eigenvalue weighted by Crippen LogP contribution is -2.20. The van der Waals surface area contributed by atoms with Crippen LogP contribution in [0.25, 0.3) is 5.69 Å². The number of nitrogen functional groups attached to an aromatic ring is 1. The van der Waals surface area contributed by atoms with E-state index in [4.69, 9.17) is 5.73 Å². The molecule has 0 aliphatic rings. The van der Waals surface area contributed by atoms with Crippen molar-refractivity contribution in [3.05, 3.63) is 68.6 Å². The monoisotopic (exact) mass is 285 g/mol. The smallest absolute Gasteiger partial charge is 0.284 e. The summed E-state index contributed by atoms with van der Waals surface area (Å²) in [6, 6.07) is 12.4. The lowest BCUT2D eigenvalue weighted by Gasteiger charge is -1.99. The van der Waals surface area contributed by atoms with Gasteiger partial charge in [0.2, 0.25) is 5.78 Å². The van der Waals surface area contributed by atoms with Crippen LogP contribution in [0.5, 0.6) is 0 Å². The highest BCUT2D eigenvalue weighted by molar-refractivity contribution is 7.12. The minimum absolute atomic E-state index is 0.0173. The number of carbonyl (C=O) groups is 1. The first-order valence-electron chi connectivity index (χ1n) is 5.92. The summed E-state index contributed by atoms with van der Waals surface area (Å²) in [6.45, 7) is 0. The van der Waals surface area contributed by atoms with Crippen molar-refractivity contribution in [2.24, 2.45) is 0 Å². The van der Waals surface area contributed by atoms with Gasteiger partial charge >= 0.3 is 0 Å². The average molecular weight is 285 g/mol. The van der Waals surface area contributed by atoms with Gasteiger partial charge in [0.1, 0.15) is 11.4 Å². The fraction of sp³-hybridized carbons (Fsp3) is 0. The van der Waals surface area contributed by atoms with Crippen LogP contribution in [0.2, 0.25) is 0 Å². The van der Waals surface area contributed by atoms with Crippen LogP contribution in [0.4, 0.5) is 5.82 Å². The standard InChI is InChI=1S/C14H11N3O2S/c15-13-11(12(18)10-7-4-8-20-10)14(19)17(16-13)9-5-2-1-3-6-9/h1-8,16H,15H2. The van der Waals surface area contributed by atoms with Gasteiger partial charge in [-0.2, -0.15) is 0 Å². The molecule has 2 aromatic heterocycles. The largest absolute Gasteiger partial charge is 0.383 e. The molecule has 0 aliphatic carbocycles. The van der Waals surface area contributed by atoms with Gasteiger partial charge < -0.3 is 5.73 Å². The zero-order valence-corrected chi connectivity index (χ0v) is 11.2. The van der Waals surface area contributed by atoms with Crippen molar-refractivity contribution in [1.29, 1.82) is 0 Å². The lowest BCUT2D eigenvalue weighted by atomic mass is 10.2. The third-order valence-corrected chi connectivity index (χ3v) is 3.77. The first-order valence-corrected chi connectivity index (χ1v) is 6.80. The molecule has 100 valence electrons. The number of hydrogen-bond acceptors (Lipinski definition) is 4. The molecule has 0 atom stereocenters. The van der Waals surface area contributed by atoms with Crippen LogP contribution >= 0.6 is 11.3 Å². The van der Waals surface area contributed by atoms with E-state index in [0.29, 0.717) is 10.6 Å². The normalized spacial score (nSPS) is 10.6. The molecule has 20 heavy (non-hydrogen) atoms. The van der Waals surface area contributed by atoms with Crippen LogP contribution < -0.4 is 11.3 Å². The van der Waals surface area contributed by atoms with Gasteiger partial charge in [0.15, 0.2) is 0 Å². The number of hydrogen-bond donors (Lipinski definition) is 2. The number of nitrogens with two attached hydrogens (primary N) is 1. The quantitative estimate of drug-likeness (QED) is 0.723. The second-order valence-corrected chi connectivity index (χ2v) is 5.13. The third-order valence-electron chi connectivity index (χ3n) is 2.90. The van der Waals surface area contributed by atoms with Crippen LogP contribution in [-0.2, 0) is 0 Å². The van der Waals surface area contributed by atoms with Crippen molar-refractivity contribution in [3.8, 4) is 5.69 Å². The molecule has 3 N–H and O–H groups in total. The van der Waals surface area contributed by atoms with Crippen LogP contribution in [0, 0.1) is 0 Å². The highest BCUT2D eigenvalue weighted by Crippen LogP contribution is 2.17. The molecule has 3 aromatic rings. The third kappa shape index (κ3) is 1.96. The van der Waals surface area contributed by atoms with Crippen molar-refractivity contribution in [2.45, 2.75) is 0 Å². The molecule has 0 saturated heterocycles. The number of benzene rings is 1. The molecule has 5 nitrogen and oxygen atoms in total. The average Bonchev–Trinajstić information content (AvgIpc) is 3.08. The number of ketones is 1. The summed E-state index contributed by atoms with van der Waals surface area (Å²) in [4.78, 5) is 25.1. The summed E-state index contributed by atoms with van der Waals surface area (Å²) in [7, 11) is 0. The number of aromatic nitrogens is 2. The van der Waals surface area contributed by atoms with Crippen LogP contribution in [0.1, 0.15) is 15.2 Å². The Morgan fingerprint density at radius 3 is 2.55 bits per heavy atom. The second kappa shape index (κ2) is 4.82. The van der Waals surface area contributed by atoms with Crippen molar-refractivity contribution >= 4 is 22.9 Å². The number of rotatable bonds is 3. The first kappa shape index (κ1) is 12.4. The van der Waals surface area contributed by atoms with E-state index >= 15 is 0 Å². The number of thiophene rings is 1. The first-order chi connectivity index (χ1) is 9.68. The van der Waals surface area contributed by atoms with E-state index in [1.807, 2.05) is 6.07 Å².